The maximum Gasteiger partial charge on any atom is 0.255 e. The minimum absolute atomic E-state index is 0.286. The molecule has 1 aliphatic rings. The van der Waals surface area contributed by atoms with E-state index < -0.39 is 0 Å². The summed E-state index contributed by atoms with van der Waals surface area (Å²) in [6, 6.07) is 8.38. The second kappa shape index (κ2) is 7.21. The standard InChI is InChI=1S/C18H19NO6/c1-21-15-9-12(10-16(22-2)17(15)23-3)19-18(20)11-4-5-13-14(8-11)25-7-6-24-13/h4-5,8-10H,6-7H2,1-3H3,(H,19,20). The van der Waals surface area contributed by atoms with Gasteiger partial charge in [0, 0.05) is 23.4 Å². The highest BCUT2D eigenvalue weighted by Gasteiger charge is 2.17. The lowest BCUT2D eigenvalue weighted by Crippen LogP contribution is -2.17. The molecule has 0 bridgehead atoms. The van der Waals surface area contributed by atoms with Gasteiger partial charge in [-0.25, -0.2) is 0 Å². The van der Waals surface area contributed by atoms with Gasteiger partial charge in [0.15, 0.2) is 23.0 Å². The largest absolute Gasteiger partial charge is 0.493 e. The molecule has 0 unspecified atom stereocenters. The number of carbonyl (C=O) groups excluding carboxylic acids is 1. The summed E-state index contributed by atoms with van der Waals surface area (Å²) < 4.78 is 26.8. The van der Waals surface area contributed by atoms with E-state index in [1.54, 1.807) is 30.3 Å². The van der Waals surface area contributed by atoms with Crippen LogP contribution in [0.4, 0.5) is 5.69 Å². The quantitative estimate of drug-likeness (QED) is 0.898. The van der Waals surface area contributed by atoms with Crippen LogP contribution in [-0.4, -0.2) is 40.5 Å². The van der Waals surface area contributed by atoms with E-state index >= 15 is 0 Å². The highest BCUT2D eigenvalue weighted by molar-refractivity contribution is 6.05. The predicted octanol–water partition coefficient (Wildman–Crippen LogP) is 2.74. The molecule has 2 aromatic rings. The Bertz CT molecular complexity index is 764. The maximum atomic E-state index is 12.5. The number of ether oxygens (including phenoxy) is 5. The number of rotatable bonds is 5. The van der Waals surface area contributed by atoms with Crippen molar-refractivity contribution in [2.24, 2.45) is 0 Å². The van der Waals surface area contributed by atoms with Crippen molar-refractivity contribution < 1.29 is 28.5 Å². The van der Waals surface area contributed by atoms with Crippen molar-refractivity contribution in [1.82, 2.24) is 0 Å². The molecule has 0 radical (unpaired) electrons. The Morgan fingerprint density at radius 1 is 0.920 bits per heavy atom. The number of fused-ring (bicyclic) bond motifs is 1. The molecule has 7 nitrogen and oxygen atoms in total. The van der Waals surface area contributed by atoms with E-state index in [1.165, 1.54) is 21.3 Å². The van der Waals surface area contributed by atoms with Gasteiger partial charge in [0.25, 0.3) is 5.91 Å². The first-order valence-corrected chi connectivity index (χ1v) is 7.67. The predicted molar refractivity (Wildman–Crippen MR) is 91.5 cm³/mol. The van der Waals surface area contributed by atoms with Crippen molar-refractivity contribution in [3.05, 3.63) is 35.9 Å². The van der Waals surface area contributed by atoms with E-state index in [0.717, 1.165) is 0 Å². The van der Waals surface area contributed by atoms with E-state index in [-0.39, 0.29) is 5.91 Å². The lowest BCUT2D eigenvalue weighted by Gasteiger charge is -2.19. The molecule has 0 atom stereocenters. The number of hydrogen-bond acceptors (Lipinski definition) is 6. The zero-order valence-electron chi connectivity index (χ0n) is 14.3. The Balaban J connectivity index is 1.85. The molecule has 0 aromatic heterocycles. The fraction of sp³-hybridized carbons (Fsp3) is 0.278. The van der Waals surface area contributed by atoms with Gasteiger partial charge in [-0.3, -0.25) is 4.79 Å². The van der Waals surface area contributed by atoms with Crippen molar-refractivity contribution in [3.8, 4) is 28.7 Å². The Morgan fingerprint density at radius 2 is 1.56 bits per heavy atom. The van der Waals surface area contributed by atoms with Gasteiger partial charge in [0.05, 0.1) is 21.3 Å². The van der Waals surface area contributed by atoms with Gasteiger partial charge in [-0.2, -0.15) is 0 Å². The van der Waals surface area contributed by atoms with Gasteiger partial charge in [-0.15, -0.1) is 0 Å². The summed E-state index contributed by atoms with van der Waals surface area (Å²) in [7, 11) is 4.56. The average Bonchev–Trinajstić information content (AvgIpc) is 2.66. The molecule has 1 heterocycles. The Kier molecular flexibility index (Phi) is 4.83. The molecule has 132 valence electrons. The highest BCUT2D eigenvalue weighted by atomic mass is 16.6. The Hall–Kier alpha value is -3.09. The lowest BCUT2D eigenvalue weighted by molar-refractivity contribution is 0.102. The molecule has 0 aliphatic carbocycles. The second-order valence-corrected chi connectivity index (χ2v) is 5.23. The third-order valence-electron chi connectivity index (χ3n) is 3.73. The van der Waals surface area contributed by atoms with Gasteiger partial charge >= 0.3 is 0 Å². The van der Waals surface area contributed by atoms with Crippen LogP contribution in [-0.2, 0) is 0 Å². The highest BCUT2D eigenvalue weighted by Crippen LogP contribution is 2.40. The zero-order valence-corrected chi connectivity index (χ0v) is 14.3. The van der Waals surface area contributed by atoms with Crippen LogP contribution in [0.25, 0.3) is 0 Å². The van der Waals surface area contributed by atoms with Gasteiger partial charge in [0.2, 0.25) is 5.75 Å². The summed E-state index contributed by atoms with van der Waals surface area (Å²) in [5.41, 5.74) is 0.979. The van der Waals surface area contributed by atoms with Crippen LogP contribution in [0.3, 0.4) is 0 Å². The van der Waals surface area contributed by atoms with Gasteiger partial charge in [-0.05, 0) is 18.2 Å². The molecule has 1 amide bonds. The third kappa shape index (κ3) is 3.40. The number of amides is 1. The molecule has 2 aromatic carbocycles. The molecule has 0 saturated heterocycles. The van der Waals surface area contributed by atoms with Crippen molar-refractivity contribution in [2.45, 2.75) is 0 Å². The van der Waals surface area contributed by atoms with E-state index in [2.05, 4.69) is 5.32 Å². The molecule has 25 heavy (non-hydrogen) atoms. The summed E-state index contributed by atoms with van der Waals surface area (Å²) in [6.07, 6.45) is 0. The maximum absolute atomic E-state index is 12.5. The third-order valence-corrected chi connectivity index (χ3v) is 3.73. The van der Waals surface area contributed by atoms with Gasteiger partial charge in [-0.1, -0.05) is 0 Å². The number of benzene rings is 2. The number of carbonyl (C=O) groups is 1. The lowest BCUT2D eigenvalue weighted by atomic mass is 10.1. The van der Waals surface area contributed by atoms with Crippen LogP contribution >= 0.6 is 0 Å². The fourth-order valence-electron chi connectivity index (χ4n) is 2.54. The van der Waals surface area contributed by atoms with Crippen LogP contribution in [0.5, 0.6) is 28.7 Å². The van der Waals surface area contributed by atoms with Crippen molar-refractivity contribution in [3.63, 3.8) is 0 Å². The summed E-state index contributed by atoms with van der Waals surface area (Å²) in [6.45, 7) is 0.967. The van der Waals surface area contributed by atoms with Crippen molar-refractivity contribution in [1.29, 1.82) is 0 Å². The van der Waals surface area contributed by atoms with E-state index in [9.17, 15) is 4.79 Å². The SMILES string of the molecule is COc1cc(NC(=O)c2ccc3c(c2)OCCO3)cc(OC)c1OC. The Morgan fingerprint density at radius 3 is 2.16 bits per heavy atom. The fourth-order valence-corrected chi connectivity index (χ4v) is 2.54. The van der Waals surface area contributed by atoms with Crippen molar-refractivity contribution in [2.75, 3.05) is 39.9 Å². The molecule has 0 spiro atoms. The topological polar surface area (TPSA) is 75.3 Å². The molecule has 7 heteroatoms. The average molecular weight is 345 g/mol. The number of methoxy groups -OCH3 is 3. The van der Waals surface area contributed by atoms with E-state index in [1.807, 2.05) is 0 Å². The van der Waals surface area contributed by atoms with Crippen LogP contribution in [0.2, 0.25) is 0 Å². The molecule has 0 saturated carbocycles. The van der Waals surface area contributed by atoms with Crippen LogP contribution < -0.4 is 29.0 Å². The smallest absolute Gasteiger partial charge is 0.255 e. The van der Waals surface area contributed by atoms with Crippen LogP contribution in [0.15, 0.2) is 30.3 Å². The normalized spacial score (nSPS) is 12.3. The molecule has 1 N–H and O–H groups in total. The second-order valence-electron chi connectivity index (χ2n) is 5.23. The molecule has 3 rings (SSSR count). The monoisotopic (exact) mass is 345 g/mol. The molecular formula is C18H19NO6. The number of nitrogens with one attached hydrogen (secondary N) is 1. The Labute approximate surface area is 145 Å². The number of anilines is 1. The van der Waals surface area contributed by atoms with E-state index in [0.29, 0.717) is 53.2 Å². The molecular weight excluding hydrogens is 326 g/mol. The number of hydrogen-bond donors (Lipinski definition) is 1. The van der Waals surface area contributed by atoms with Gasteiger partial charge in [0.1, 0.15) is 13.2 Å². The van der Waals surface area contributed by atoms with Crippen molar-refractivity contribution >= 4 is 11.6 Å². The first-order valence-electron chi connectivity index (χ1n) is 7.67. The minimum atomic E-state index is -0.286. The summed E-state index contributed by atoms with van der Waals surface area (Å²) in [4.78, 5) is 12.5. The molecule has 0 fully saturated rings. The summed E-state index contributed by atoms with van der Waals surface area (Å²) >= 11 is 0. The first kappa shape index (κ1) is 16.8. The van der Waals surface area contributed by atoms with E-state index in [4.69, 9.17) is 23.7 Å². The molecule has 1 aliphatic heterocycles. The van der Waals surface area contributed by atoms with Crippen LogP contribution in [0.1, 0.15) is 10.4 Å². The summed E-state index contributed by atoms with van der Waals surface area (Å²) in [5.74, 6) is 2.28. The minimum Gasteiger partial charge on any atom is -0.493 e. The first-order chi connectivity index (χ1) is 12.2. The summed E-state index contributed by atoms with van der Waals surface area (Å²) in [5, 5.41) is 2.81. The zero-order chi connectivity index (χ0) is 17.8. The van der Waals surface area contributed by atoms with Crippen LogP contribution in [0, 0.1) is 0 Å². The van der Waals surface area contributed by atoms with Gasteiger partial charge < -0.3 is 29.0 Å².